The minimum absolute atomic E-state index is 0.00611. The van der Waals surface area contributed by atoms with Crippen molar-refractivity contribution in [2.75, 3.05) is 20.0 Å². The minimum Gasteiger partial charge on any atom is -0.497 e. The van der Waals surface area contributed by atoms with Gasteiger partial charge in [-0.05, 0) is 18.4 Å². The van der Waals surface area contributed by atoms with Gasteiger partial charge < -0.3 is 20.5 Å². The van der Waals surface area contributed by atoms with E-state index in [1.807, 2.05) is 6.92 Å². The molecule has 0 saturated heterocycles. The summed E-state index contributed by atoms with van der Waals surface area (Å²) in [4.78, 5) is 12.4. The van der Waals surface area contributed by atoms with Crippen molar-refractivity contribution < 1.29 is 14.3 Å². The molecule has 0 aliphatic heterocycles. The molecule has 0 heterocycles. The number of methoxy groups -OCH3 is 2. The summed E-state index contributed by atoms with van der Waals surface area (Å²) in [6.45, 7) is 8.15. The fourth-order valence-corrected chi connectivity index (χ4v) is 1.57. The van der Waals surface area contributed by atoms with Crippen molar-refractivity contribution in [3.63, 3.8) is 0 Å². The van der Waals surface area contributed by atoms with Gasteiger partial charge in [0.1, 0.15) is 11.5 Å². The maximum absolute atomic E-state index is 12.4. The summed E-state index contributed by atoms with van der Waals surface area (Å²) >= 11 is 0. The predicted octanol–water partition coefficient (Wildman–Crippen LogP) is 2.45. The number of rotatable bonds is 4. The molecule has 0 fully saturated rings. The lowest BCUT2D eigenvalue weighted by atomic mass is 9.88. The highest BCUT2D eigenvalue weighted by Gasteiger charge is 2.24. The number of nitrogens with two attached hydrogens (primary N) is 1. The number of hydrogen-bond acceptors (Lipinski definition) is 4. The van der Waals surface area contributed by atoms with Crippen LogP contribution in [0.5, 0.6) is 11.5 Å². The SMILES string of the molecule is COc1cc(OC)c(N)c(C(=O)NC(C)C(C)(C)C)c1. The van der Waals surface area contributed by atoms with Crippen LogP contribution < -0.4 is 20.5 Å². The maximum Gasteiger partial charge on any atom is 0.253 e. The van der Waals surface area contributed by atoms with E-state index in [1.165, 1.54) is 14.2 Å². The monoisotopic (exact) mass is 280 g/mol. The summed E-state index contributed by atoms with van der Waals surface area (Å²) in [6, 6.07) is 3.27. The van der Waals surface area contributed by atoms with Gasteiger partial charge in [-0.1, -0.05) is 20.8 Å². The van der Waals surface area contributed by atoms with Gasteiger partial charge in [-0.3, -0.25) is 4.79 Å². The van der Waals surface area contributed by atoms with Gasteiger partial charge in [0, 0.05) is 12.1 Å². The van der Waals surface area contributed by atoms with E-state index in [4.69, 9.17) is 15.2 Å². The molecule has 0 saturated carbocycles. The molecule has 1 aromatic carbocycles. The van der Waals surface area contributed by atoms with Crippen LogP contribution in [0.2, 0.25) is 0 Å². The van der Waals surface area contributed by atoms with Crippen LogP contribution in [0.1, 0.15) is 38.1 Å². The van der Waals surface area contributed by atoms with Crippen molar-refractivity contribution in [3.05, 3.63) is 17.7 Å². The Morgan fingerprint density at radius 2 is 1.85 bits per heavy atom. The Morgan fingerprint density at radius 1 is 1.25 bits per heavy atom. The van der Waals surface area contributed by atoms with Gasteiger partial charge in [0.15, 0.2) is 0 Å². The number of ether oxygens (including phenoxy) is 2. The fraction of sp³-hybridized carbons (Fsp3) is 0.533. The van der Waals surface area contributed by atoms with Crippen molar-refractivity contribution in [2.24, 2.45) is 5.41 Å². The molecule has 0 aromatic heterocycles. The lowest BCUT2D eigenvalue weighted by Gasteiger charge is -2.28. The van der Waals surface area contributed by atoms with E-state index in [2.05, 4.69) is 26.1 Å². The smallest absolute Gasteiger partial charge is 0.253 e. The molecule has 1 aromatic rings. The lowest BCUT2D eigenvalue weighted by Crippen LogP contribution is -2.41. The molecule has 1 rings (SSSR count). The Kier molecular flexibility index (Phi) is 4.87. The van der Waals surface area contributed by atoms with Crippen LogP contribution in [0.4, 0.5) is 5.69 Å². The standard InChI is InChI=1S/C15H24N2O3/c1-9(15(2,3)4)17-14(18)11-7-10(19-5)8-12(20-6)13(11)16/h7-9H,16H2,1-6H3,(H,17,18). The number of nitrogens with one attached hydrogen (secondary N) is 1. The van der Waals surface area contributed by atoms with Crippen LogP contribution in [0.25, 0.3) is 0 Å². The number of hydrogen-bond donors (Lipinski definition) is 2. The van der Waals surface area contributed by atoms with Gasteiger partial charge >= 0.3 is 0 Å². The second-order valence-corrected chi connectivity index (χ2v) is 5.85. The molecule has 1 unspecified atom stereocenters. The minimum atomic E-state index is -0.234. The van der Waals surface area contributed by atoms with Gasteiger partial charge in [0.25, 0.3) is 5.91 Å². The third-order valence-corrected chi connectivity index (χ3v) is 3.46. The Hall–Kier alpha value is -1.91. The number of anilines is 1. The largest absolute Gasteiger partial charge is 0.497 e. The molecule has 1 atom stereocenters. The molecule has 5 nitrogen and oxygen atoms in total. The van der Waals surface area contributed by atoms with Gasteiger partial charge in [0.2, 0.25) is 0 Å². The molecule has 112 valence electrons. The van der Waals surface area contributed by atoms with Crippen molar-refractivity contribution in [2.45, 2.75) is 33.7 Å². The first-order chi connectivity index (χ1) is 9.20. The van der Waals surface area contributed by atoms with Crippen LogP contribution in [-0.2, 0) is 0 Å². The van der Waals surface area contributed by atoms with E-state index < -0.39 is 0 Å². The molecule has 1 amide bonds. The van der Waals surface area contributed by atoms with E-state index in [-0.39, 0.29) is 17.4 Å². The summed E-state index contributed by atoms with van der Waals surface area (Å²) in [7, 11) is 3.04. The normalized spacial score (nSPS) is 12.7. The maximum atomic E-state index is 12.4. The third-order valence-electron chi connectivity index (χ3n) is 3.46. The van der Waals surface area contributed by atoms with Crippen molar-refractivity contribution in [1.82, 2.24) is 5.32 Å². The van der Waals surface area contributed by atoms with Crippen molar-refractivity contribution in [3.8, 4) is 11.5 Å². The highest BCUT2D eigenvalue weighted by atomic mass is 16.5. The number of benzene rings is 1. The number of carbonyl (C=O) groups is 1. The molecule has 0 bridgehead atoms. The molecular weight excluding hydrogens is 256 g/mol. The molecule has 20 heavy (non-hydrogen) atoms. The number of carbonyl (C=O) groups excluding carboxylic acids is 1. The summed E-state index contributed by atoms with van der Waals surface area (Å²) in [6.07, 6.45) is 0. The molecular formula is C15H24N2O3. The molecule has 3 N–H and O–H groups in total. The number of nitrogen functional groups attached to an aromatic ring is 1. The first kappa shape index (κ1) is 16.1. The second kappa shape index (κ2) is 6.03. The molecule has 0 spiro atoms. The van der Waals surface area contributed by atoms with Gasteiger partial charge in [0.05, 0.1) is 25.5 Å². The zero-order valence-corrected chi connectivity index (χ0v) is 13.0. The van der Waals surface area contributed by atoms with Crippen LogP contribution >= 0.6 is 0 Å². The predicted molar refractivity (Wildman–Crippen MR) is 80.3 cm³/mol. The zero-order valence-electron chi connectivity index (χ0n) is 13.0. The topological polar surface area (TPSA) is 73.6 Å². The summed E-state index contributed by atoms with van der Waals surface area (Å²) in [5, 5.41) is 2.95. The Balaban J connectivity index is 3.09. The zero-order chi connectivity index (χ0) is 15.5. The second-order valence-electron chi connectivity index (χ2n) is 5.85. The highest BCUT2D eigenvalue weighted by Crippen LogP contribution is 2.31. The van der Waals surface area contributed by atoms with Crippen molar-refractivity contribution in [1.29, 1.82) is 0 Å². The van der Waals surface area contributed by atoms with Gasteiger partial charge in [-0.2, -0.15) is 0 Å². The first-order valence-corrected chi connectivity index (χ1v) is 6.53. The quantitative estimate of drug-likeness (QED) is 0.831. The van der Waals surface area contributed by atoms with E-state index in [0.29, 0.717) is 22.7 Å². The van der Waals surface area contributed by atoms with Crippen LogP contribution in [0, 0.1) is 5.41 Å². The lowest BCUT2D eigenvalue weighted by molar-refractivity contribution is 0.0910. The highest BCUT2D eigenvalue weighted by molar-refractivity contribution is 6.01. The average molecular weight is 280 g/mol. The summed E-state index contributed by atoms with van der Waals surface area (Å²) in [5.41, 5.74) is 6.60. The van der Waals surface area contributed by atoms with Crippen LogP contribution in [0.3, 0.4) is 0 Å². The molecule has 0 radical (unpaired) electrons. The Morgan fingerprint density at radius 3 is 2.30 bits per heavy atom. The van der Waals surface area contributed by atoms with Crippen LogP contribution in [-0.4, -0.2) is 26.2 Å². The fourth-order valence-electron chi connectivity index (χ4n) is 1.57. The Bertz CT molecular complexity index is 493. The van der Waals surface area contributed by atoms with Gasteiger partial charge in [-0.15, -0.1) is 0 Å². The Labute approximate surface area is 120 Å². The molecule has 0 aliphatic carbocycles. The first-order valence-electron chi connectivity index (χ1n) is 6.53. The number of amides is 1. The van der Waals surface area contributed by atoms with E-state index >= 15 is 0 Å². The third kappa shape index (κ3) is 3.56. The van der Waals surface area contributed by atoms with E-state index in [9.17, 15) is 4.79 Å². The van der Waals surface area contributed by atoms with Crippen LogP contribution in [0.15, 0.2) is 12.1 Å². The molecule has 0 aliphatic rings. The van der Waals surface area contributed by atoms with E-state index in [0.717, 1.165) is 0 Å². The summed E-state index contributed by atoms with van der Waals surface area (Å²) in [5.74, 6) is 0.727. The summed E-state index contributed by atoms with van der Waals surface area (Å²) < 4.78 is 10.3. The molecule has 5 heteroatoms. The van der Waals surface area contributed by atoms with E-state index in [1.54, 1.807) is 12.1 Å². The average Bonchev–Trinajstić information content (AvgIpc) is 2.37. The van der Waals surface area contributed by atoms with Crippen molar-refractivity contribution >= 4 is 11.6 Å². The van der Waals surface area contributed by atoms with Gasteiger partial charge in [-0.25, -0.2) is 0 Å².